The highest BCUT2D eigenvalue weighted by Gasteiger charge is 2.33. The number of nitrogens with zero attached hydrogens (tertiary/aromatic N) is 3. The largest absolute Gasteiger partial charge is 0.490 e. The number of nitriles is 1. The molecule has 1 unspecified atom stereocenters. The van der Waals surface area contributed by atoms with Gasteiger partial charge in [0.05, 0.1) is 17.2 Å². The molecule has 6 nitrogen and oxygen atoms in total. The standard InChI is InChI=1S/C23H16F2N4O2/c24-16-6-12(11-26)7-17(25)20(16)21-23-27-14-8-13(22-18(10-14)30-4-5-31-22)9-15-2-1-3-19(28-21)29(15)23/h1-3,6-7,10,13,27H,4-5,8-9H2. The Hall–Kier alpha value is -3.86. The fourth-order valence-corrected chi connectivity index (χ4v) is 4.58. The van der Waals surface area contributed by atoms with E-state index in [2.05, 4.69) is 10.3 Å². The van der Waals surface area contributed by atoms with Gasteiger partial charge < -0.3 is 14.8 Å². The molecule has 0 fully saturated rings. The number of fused-ring (bicyclic) bond motifs is 3. The first-order valence-corrected chi connectivity index (χ1v) is 9.99. The summed E-state index contributed by atoms with van der Waals surface area (Å²) in [5, 5.41) is 12.4. The van der Waals surface area contributed by atoms with Crippen molar-refractivity contribution in [3.8, 4) is 17.3 Å². The van der Waals surface area contributed by atoms with Crippen LogP contribution in [0.4, 0.5) is 14.6 Å². The van der Waals surface area contributed by atoms with Crippen LogP contribution in [0.5, 0.6) is 0 Å². The zero-order valence-electron chi connectivity index (χ0n) is 16.3. The van der Waals surface area contributed by atoms with Gasteiger partial charge in [-0.05, 0) is 37.1 Å². The van der Waals surface area contributed by atoms with E-state index in [1.807, 2.05) is 22.6 Å². The highest BCUT2D eigenvalue weighted by molar-refractivity contribution is 5.79. The predicted molar refractivity (Wildman–Crippen MR) is 108 cm³/mol. The number of benzene rings is 1. The molecular formula is C23H16F2N4O2. The van der Waals surface area contributed by atoms with Gasteiger partial charge in [0.1, 0.15) is 47.8 Å². The predicted octanol–water partition coefficient (Wildman–Crippen LogP) is 4.28. The highest BCUT2D eigenvalue weighted by atomic mass is 19.1. The van der Waals surface area contributed by atoms with Crippen LogP contribution in [0.2, 0.25) is 0 Å². The summed E-state index contributed by atoms with van der Waals surface area (Å²) < 4.78 is 43.4. The molecule has 0 saturated carbocycles. The maximum absolute atomic E-state index is 14.9. The summed E-state index contributed by atoms with van der Waals surface area (Å²) in [5.74, 6) is 0.468. The van der Waals surface area contributed by atoms with E-state index in [-0.39, 0.29) is 22.7 Å². The average molecular weight is 418 g/mol. The lowest BCUT2D eigenvalue weighted by molar-refractivity contribution is 0.0484. The van der Waals surface area contributed by atoms with Crippen LogP contribution in [0, 0.1) is 28.9 Å². The van der Waals surface area contributed by atoms with Crippen LogP contribution in [0.3, 0.4) is 0 Å². The van der Waals surface area contributed by atoms with E-state index >= 15 is 0 Å². The third kappa shape index (κ3) is 2.70. The third-order valence-electron chi connectivity index (χ3n) is 5.85. The molecule has 0 amide bonds. The lowest BCUT2D eigenvalue weighted by atomic mass is 9.89. The number of rotatable bonds is 1. The molecule has 2 bridgehead atoms. The Morgan fingerprint density at radius 1 is 1.13 bits per heavy atom. The minimum Gasteiger partial charge on any atom is -0.490 e. The number of hydrogen-bond donors (Lipinski definition) is 1. The van der Waals surface area contributed by atoms with Gasteiger partial charge in [0, 0.05) is 23.4 Å². The molecule has 0 spiro atoms. The van der Waals surface area contributed by atoms with Gasteiger partial charge in [-0.15, -0.1) is 0 Å². The van der Waals surface area contributed by atoms with Crippen molar-refractivity contribution in [2.45, 2.75) is 12.8 Å². The first-order chi connectivity index (χ1) is 15.1. The number of allylic oxidation sites excluding steroid dienone is 3. The van der Waals surface area contributed by atoms with E-state index < -0.39 is 11.6 Å². The van der Waals surface area contributed by atoms with Crippen molar-refractivity contribution in [2.24, 2.45) is 5.92 Å². The number of hydrogen-bond acceptors (Lipinski definition) is 5. The molecule has 0 radical (unpaired) electrons. The molecule has 4 heterocycles. The first-order valence-electron chi connectivity index (χ1n) is 9.99. The Labute approximate surface area is 176 Å². The summed E-state index contributed by atoms with van der Waals surface area (Å²) in [6.07, 6.45) is 3.23. The zero-order valence-corrected chi connectivity index (χ0v) is 16.3. The lowest BCUT2D eigenvalue weighted by Crippen LogP contribution is -2.27. The molecule has 31 heavy (non-hydrogen) atoms. The molecule has 1 atom stereocenters. The van der Waals surface area contributed by atoms with E-state index in [1.165, 1.54) is 0 Å². The van der Waals surface area contributed by atoms with Gasteiger partial charge in [0.2, 0.25) is 0 Å². The van der Waals surface area contributed by atoms with Crippen LogP contribution in [0.15, 0.2) is 53.6 Å². The number of anilines is 1. The monoisotopic (exact) mass is 418 g/mol. The molecule has 8 heteroatoms. The summed E-state index contributed by atoms with van der Waals surface area (Å²) in [5.41, 5.74) is 2.20. The van der Waals surface area contributed by atoms with Crippen molar-refractivity contribution in [3.63, 3.8) is 0 Å². The highest BCUT2D eigenvalue weighted by Crippen LogP contribution is 2.41. The summed E-state index contributed by atoms with van der Waals surface area (Å²) in [6, 6.07) is 9.48. The molecule has 3 aromatic rings. The van der Waals surface area contributed by atoms with Crippen molar-refractivity contribution in [1.29, 1.82) is 5.26 Å². The van der Waals surface area contributed by atoms with E-state index in [0.717, 1.165) is 29.3 Å². The molecule has 1 aliphatic carbocycles. The Morgan fingerprint density at radius 3 is 2.74 bits per heavy atom. The average Bonchev–Trinajstić information content (AvgIpc) is 3.11. The lowest BCUT2D eigenvalue weighted by Gasteiger charge is -2.33. The summed E-state index contributed by atoms with van der Waals surface area (Å²) in [4.78, 5) is 4.55. The molecule has 2 aliphatic heterocycles. The Kier molecular flexibility index (Phi) is 3.81. The second kappa shape index (κ2) is 6.57. The molecule has 1 aromatic carbocycles. The van der Waals surface area contributed by atoms with Gasteiger partial charge >= 0.3 is 0 Å². The molecule has 3 aliphatic rings. The van der Waals surface area contributed by atoms with Crippen molar-refractivity contribution < 1.29 is 18.3 Å². The van der Waals surface area contributed by atoms with E-state index in [4.69, 9.17) is 14.7 Å². The van der Waals surface area contributed by atoms with Gasteiger partial charge in [0.15, 0.2) is 5.76 Å². The first kappa shape index (κ1) is 18.0. The second-order valence-electron chi connectivity index (χ2n) is 7.77. The van der Waals surface area contributed by atoms with Crippen LogP contribution in [0.1, 0.15) is 17.7 Å². The van der Waals surface area contributed by atoms with Crippen LogP contribution in [-0.4, -0.2) is 22.6 Å². The quantitative estimate of drug-likeness (QED) is 0.639. The number of ether oxygens (including phenoxy) is 2. The Balaban J connectivity index is 1.59. The van der Waals surface area contributed by atoms with E-state index in [0.29, 0.717) is 43.3 Å². The summed E-state index contributed by atoms with van der Waals surface area (Å²) in [7, 11) is 0. The van der Waals surface area contributed by atoms with E-state index in [9.17, 15) is 8.78 Å². The van der Waals surface area contributed by atoms with Crippen LogP contribution in [-0.2, 0) is 15.9 Å². The van der Waals surface area contributed by atoms with Gasteiger partial charge in [0.25, 0.3) is 0 Å². The van der Waals surface area contributed by atoms with Crippen LogP contribution >= 0.6 is 0 Å². The van der Waals surface area contributed by atoms with Crippen molar-refractivity contribution >= 4 is 11.5 Å². The number of nitrogens with one attached hydrogen (secondary N) is 1. The number of imidazole rings is 1. The minimum atomic E-state index is -0.828. The SMILES string of the molecule is N#Cc1cc(F)c(-c2nc3cccc4n3c2NC2=CC3=C(OCCO3)C(C2)C4)c(F)c1. The fourth-order valence-electron chi connectivity index (χ4n) is 4.58. The maximum atomic E-state index is 14.9. The van der Waals surface area contributed by atoms with Crippen LogP contribution in [0.25, 0.3) is 16.9 Å². The van der Waals surface area contributed by atoms with Crippen LogP contribution < -0.4 is 5.32 Å². The van der Waals surface area contributed by atoms with Gasteiger partial charge in [-0.3, -0.25) is 4.40 Å². The summed E-state index contributed by atoms with van der Waals surface area (Å²) >= 11 is 0. The normalized spacial score (nSPS) is 19.3. The van der Waals surface area contributed by atoms with E-state index in [1.54, 1.807) is 12.1 Å². The van der Waals surface area contributed by atoms with Crippen molar-refractivity contribution in [3.05, 3.63) is 76.5 Å². The van der Waals surface area contributed by atoms with Crippen molar-refractivity contribution in [2.75, 3.05) is 18.5 Å². The fraction of sp³-hybridized carbons (Fsp3) is 0.217. The number of halogens is 2. The minimum absolute atomic E-state index is 0.0782. The second-order valence-corrected chi connectivity index (χ2v) is 7.77. The molecule has 154 valence electrons. The van der Waals surface area contributed by atoms with Crippen molar-refractivity contribution in [1.82, 2.24) is 9.38 Å². The number of aromatic nitrogens is 2. The third-order valence-corrected chi connectivity index (χ3v) is 5.85. The smallest absolute Gasteiger partial charge is 0.159 e. The maximum Gasteiger partial charge on any atom is 0.159 e. The molecular weight excluding hydrogens is 402 g/mol. The Morgan fingerprint density at radius 2 is 1.94 bits per heavy atom. The number of pyridine rings is 1. The summed E-state index contributed by atoms with van der Waals surface area (Å²) in [6.45, 7) is 1.00. The van der Waals surface area contributed by atoms with Gasteiger partial charge in [-0.2, -0.15) is 5.26 Å². The van der Waals surface area contributed by atoms with Gasteiger partial charge in [-0.25, -0.2) is 13.8 Å². The Bertz CT molecular complexity index is 1340. The zero-order chi connectivity index (χ0) is 21.1. The molecule has 1 N–H and O–H groups in total. The molecule has 0 saturated heterocycles. The molecule has 6 rings (SSSR count). The molecule has 2 aromatic heterocycles. The van der Waals surface area contributed by atoms with Gasteiger partial charge in [-0.1, -0.05) is 6.07 Å². The topological polar surface area (TPSA) is 71.6 Å².